The number of carbonyl (C=O) groups is 1. The summed E-state index contributed by atoms with van der Waals surface area (Å²) in [5, 5.41) is 4.07. The van der Waals surface area contributed by atoms with E-state index < -0.39 is 13.9 Å². The predicted octanol–water partition coefficient (Wildman–Crippen LogP) is 0.383. The number of aromatic nitrogens is 3. The van der Waals surface area contributed by atoms with Crippen LogP contribution in [0.2, 0.25) is 19.6 Å². The number of rotatable bonds is 2. The fraction of sp³-hybridized carbons (Fsp3) is 0.700. The normalized spacial score (nSPS) is 11.5. The molecule has 0 spiro atoms. The molecule has 0 fully saturated rings. The van der Waals surface area contributed by atoms with E-state index >= 15 is 0 Å². The van der Waals surface area contributed by atoms with Crippen molar-refractivity contribution in [2.45, 2.75) is 19.6 Å². The molecule has 0 aliphatic carbocycles. The highest BCUT2D eigenvalue weighted by molar-refractivity contribution is 6.75. The van der Waals surface area contributed by atoms with Gasteiger partial charge in [0.15, 0.2) is 8.24 Å². The van der Waals surface area contributed by atoms with Crippen LogP contribution >= 0.6 is 0 Å². The van der Waals surface area contributed by atoms with Crippen molar-refractivity contribution in [2.24, 2.45) is 7.05 Å². The fourth-order valence-electron chi connectivity index (χ4n) is 1.37. The van der Waals surface area contributed by atoms with Gasteiger partial charge in [-0.25, -0.2) is 9.59 Å². The fourth-order valence-corrected chi connectivity index (χ4v) is 2.04. The van der Waals surface area contributed by atoms with Crippen LogP contribution in [0.4, 0.5) is 10.7 Å². The topological polar surface area (TPSA) is 63.4 Å². The second-order valence-electron chi connectivity index (χ2n) is 5.46. The summed E-state index contributed by atoms with van der Waals surface area (Å²) in [6.45, 7) is 6.10. The zero-order valence-electron chi connectivity index (χ0n) is 12.1. The molecule has 1 amide bonds. The minimum atomic E-state index is -1.80. The molecule has 0 aromatic carbocycles. The Morgan fingerprint density at radius 1 is 1.22 bits per heavy atom. The van der Waals surface area contributed by atoms with E-state index in [1.807, 2.05) is 19.6 Å². The highest BCUT2D eigenvalue weighted by Crippen LogP contribution is 2.09. The van der Waals surface area contributed by atoms with Crippen molar-refractivity contribution in [1.29, 1.82) is 0 Å². The standard InChI is InChI=1S/C10H21N5O2Si/c1-12(2)8-11-15(9(16)13(8)3)10(17)14(4)18(5,6)7/h1-7H3. The summed E-state index contributed by atoms with van der Waals surface area (Å²) in [6.07, 6.45) is 0. The van der Waals surface area contributed by atoms with Gasteiger partial charge >= 0.3 is 11.7 Å². The molecule has 1 aromatic heterocycles. The van der Waals surface area contributed by atoms with Gasteiger partial charge in [-0.1, -0.05) is 19.6 Å². The number of anilines is 1. The maximum Gasteiger partial charge on any atom is 0.355 e. The van der Waals surface area contributed by atoms with Crippen molar-refractivity contribution < 1.29 is 4.79 Å². The number of nitrogens with zero attached hydrogens (tertiary/aromatic N) is 5. The van der Waals surface area contributed by atoms with E-state index in [4.69, 9.17) is 0 Å². The van der Waals surface area contributed by atoms with Crippen molar-refractivity contribution >= 4 is 20.2 Å². The summed E-state index contributed by atoms with van der Waals surface area (Å²) < 4.78 is 3.91. The molecule has 0 bridgehead atoms. The Morgan fingerprint density at radius 2 is 1.72 bits per heavy atom. The van der Waals surface area contributed by atoms with Gasteiger partial charge in [0.1, 0.15) is 0 Å². The van der Waals surface area contributed by atoms with E-state index in [1.54, 1.807) is 37.7 Å². The quantitative estimate of drug-likeness (QED) is 0.730. The molecule has 0 aliphatic heterocycles. The minimum absolute atomic E-state index is 0.372. The first-order chi connectivity index (χ1) is 8.07. The minimum Gasteiger partial charge on any atom is -0.353 e. The number of carbonyl (C=O) groups excluding carboxylic acids is 1. The summed E-state index contributed by atoms with van der Waals surface area (Å²) in [6, 6.07) is -0.372. The Bertz CT molecular complexity index is 511. The monoisotopic (exact) mass is 271 g/mol. The van der Waals surface area contributed by atoms with Gasteiger partial charge in [-0.05, 0) is 0 Å². The van der Waals surface area contributed by atoms with Gasteiger partial charge in [-0.2, -0.15) is 0 Å². The first-order valence-corrected chi connectivity index (χ1v) is 9.13. The predicted molar refractivity (Wildman–Crippen MR) is 73.7 cm³/mol. The molecule has 1 rings (SSSR count). The highest BCUT2D eigenvalue weighted by atomic mass is 28.3. The summed E-state index contributed by atoms with van der Waals surface area (Å²) in [5.74, 6) is 0.456. The van der Waals surface area contributed by atoms with Crippen LogP contribution < -0.4 is 10.6 Å². The van der Waals surface area contributed by atoms with E-state index in [0.29, 0.717) is 5.95 Å². The lowest BCUT2D eigenvalue weighted by atomic mass is 10.8. The Morgan fingerprint density at radius 3 is 2.06 bits per heavy atom. The van der Waals surface area contributed by atoms with Crippen molar-refractivity contribution in [3.05, 3.63) is 10.5 Å². The molecule has 0 unspecified atom stereocenters. The van der Waals surface area contributed by atoms with Crippen LogP contribution in [0.15, 0.2) is 4.79 Å². The molecule has 0 saturated carbocycles. The third kappa shape index (κ3) is 2.47. The smallest absolute Gasteiger partial charge is 0.353 e. The van der Waals surface area contributed by atoms with Crippen molar-refractivity contribution in [3.8, 4) is 0 Å². The molecule has 7 nitrogen and oxygen atoms in total. The summed E-state index contributed by atoms with van der Waals surface area (Å²) in [7, 11) is 5.06. The van der Waals surface area contributed by atoms with Gasteiger partial charge in [0, 0.05) is 28.2 Å². The maximum atomic E-state index is 12.2. The number of amides is 1. The van der Waals surface area contributed by atoms with Crippen molar-refractivity contribution in [3.63, 3.8) is 0 Å². The lowest BCUT2D eigenvalue weighted by Crippen LogP contribution is -2.51. The largest absolute Gasteiger partial charge is 0.355 e. The zero-order chi connectivity index (χ0) is 14.2. The van der Waals surface area contributed by atoms with Crippen molar-refractivity contribution in [2.75, 3.05) is 26.0 Å². The molecular formula is C10H21N5O2Si. The molecule has 0 aliphatic rings. The maximum absolute atomic E-state index is 12.2. The van der Waals surface area contributed by atoms with Crippen molar-refractivity contribution in [1.82, 2.24) is 18.9 Å². The van der Waals surface area contributed by atoms with Crippen LogP contribution in [-0.4, -0.2) is 54.3 Å². The SMILES string of the molecule is CN(C)c1nn(C(=O)N(C)[Si](C)(C)C)c(=O)n1C. The van der Waals surface area contributed by atoms with Gasteiger partial charge in [0.25, 0.3) is 0 Å². The summed E-state index contributed by atoms with van der Waals surface area (Å²) >= 11 is 0. The molecule has 102 valence electrons. The second kappa shape index (κ2) is 4.60. The van der Waals surface area contributed by atoms with E-state index in [1.165, 1.54) is 4.57 Å². The summed E-state index contributed by atoms with van der Waals surface area (Å²) in [5.41, 5.74) is -0.422. The molecule has 0 saturated heterocycles. The molecular weight excluding hydrogens is 250 g/mol. The number of hydrogen-bond acceptors (Lipinski definition) is 4. The van der Waals surface area contributed by atoms with Crippen LogP contribution in [0.5, 0.6) is 0 Å². The Hall–Kier alpha value is -1.57. The lowest BCUT2D eigenvalue weighted by molar-refractivity contribution is 0.224. The Labute approximate surface area is 108 Å². The van der Waals surface area contributed by atoms with Crippen LogP contribution in [0.1, 0.15) is 0 Å². The van der Waals surface area contributed by atoms with Gasteiger partial charge in [0.2, 0.25) is 5.95 Å². The first kappa shape index (κ1) is 14.5. The third-order valence-corrected chi connectivity index (χ3v) is 5.04. The first-order valence-electron chi connectivity index (χ1n) is 5.69. The average Bonchev–Trinajstić information content (AvgIpc) is 2.53. The van der Waals surface area contributed by atoms with Gasteiger partial charge in [-0.15, -0.1) is 9.78 Å². The molecule has 0 radical (unpaired) electrons. The van der Waals surface area contributed by atoms with Gasteiger partial charge < -0.3 is 9.47 Å². The second-order valence-corrected chi connectivity index (χ2v) is 10.5. The van der Waals surface area contributed by atoms with Crippen LogP contribution in [0.3, 0.4) is 0 Å². The van der Waals surface area contributed by atoms with E-state index in [2.05, 4.69) is 5.10 Å². The highest BCUT2D eigenvalue weighted by Gasteiger charge is 2.28. The van der Waals surface area contributed by atoms with E-state index in [9.17, 15) is 9.59 Å². The van der Waals surface area contributed by atoms with Gasteiger partial charge in [0.05, 0.1) is 0 Å². The van der Waals surface area contributed by atoms with Crippen LogP contribution in [0, 0.1) is 0 Å². The third-order valence-electron chi connectivity index (χ3n) is 2.83. The van der Waals surface area contributed by atoms with Crippen LogP contribution in [-0.2, 0) is 7.05 Å². The lowest BCUT2D eigenvalue weighted by Gasteiger charge is -2.28. The van der Waals surface area contributed by atoms with E-state index in [0.717, 1.165) is 4.68 Å². The molecule has 0 N–H and O–H groups in total. The average molecular weight is 271 g/mol. The molecule has 1 aromatic rings. The van der Waals surface area contributed by atoms with Gasteiger partial charge in [-0.3, -0.25) is 4.57 Å². The van der Waals surface area contributed by atoms with Crippen LogP contribution in [0.25, 0.3) is 0 Å². The molecule has 8 heteroatoms. The van der Waals surface area contributed by atoms with E-state index in [-0.39, 0.29) is 6.03 Å². The Balaban J connectivity index is 3.24. The molecule has 18 heavy (non-hydrogen) atoms. The summed E-state index contributed by atoms with van der Waals surface area (Å²) in [4.78, 5) is 25.9. The zero-order valence-corrected chi connectivity index (χ0v) is 13.1. The number of hydrogen-bond donors (Lipinski definition) is 0. The Kier molecular flexibility index (Phi) is 3.70. The molecule has 0 atom stereocenters. The molecule has 1 heterocycles.